The molecule has 0 aliphatic carbocycles. The van der Waals surface area contributed by atoms with E-state index in [1.165, 1.54) is 11.3 Å². The van der Waals surface area contributed by atoms with Crippen LogP contribution >= 0.6 is 27.3 Å². The lowest BCUT2D eigenvalue weighted by Gasteiger charge is -2.11. The minimum atomic E-state index is -0.348. The van der Waals surface area contributed by atoms with E-state index in [9.17, 15) is 10.1 Å². The molecule has 2 aromatic heterocycles. The smallest absolute Gasteiger partial charge is 0.292 e. The summed E-state index contributed by atoms with van der Waals surface area (Å²) < 4.78 is 5.71. The number of carbonyl (C=O) groups excluding carboxylic acids is 1. The molecule has 3 rings (SSSR count). The van der Waals surface area contributed by atoms with Gasteiger partial charge in [0.1, 0.15) is 11.1 Å². The molecule has 1 aliphatic heterocycles. The van der Waals surface area contributed by atoms with Crippen LogP contribution in [0.5, 0.6) is 0 Å². The number of furan rings is 1. The van der Waals surface area contributed by atoms with Gasteiger partial charge in [-0.15, -0.1) is 11.3 Å². The van der Waals surface area contributed by atoms with Crippen molar-refractivity contribution in [3.05, 3.63) is 38.6 Å². The highest BCUT2D eigenvalue weighted by atomic mass is 79.9. The quantitative estimate of drug-likeness (QED) is 0.871. The Hall–Kier alpha value is -1.62. The number of hydrogen-bond donors (Lipinski definition) is 2. The number of fused-ring (bicyclic) bond motifs is 1. The fraction of sp³-hybridized carbons (Fsp3) is 0.231. The molecule has 2 aromatic rings. The van der Waals surface area contributed by atoms with Gasteiger partial charge < -0.3 is 15.1 Å². The van der Waals surface area contributed by atoms with E-state index in [4.69, 9.17) is 4.42 Å². The average Bonchev–Trinajstić information content (AvgIpc) is 3.01. The topological polar surface area (TPSA) is 78.1 Å². The Morgan fingerprint density at radius 2 is 2.40 bits per heavy atom. The monoisotopic (exact) mass is 351 g/mol. The number of thiophene rings is 1. The summed E-state index contributed by atoms with van der Waals surface area (Å²) in [7, 11) is 0. The number of halogens is 1. The zero-order valence-corrected chi connectivity index (χ0v) is 12.7. The van der Waals surface area contributed by atoms with E-state index in [0.29, 0.717) is 15.2 Å². The fourth-order valence-electron chi connectivity index (χ4n) is 2.14. The van der Waals surface area contributed by atoms with Gasteiger partial charge in [-0.1, -0.05) is 0 Å². The second kappa shape index (κ2) is 5.40. The Kier molecular flexibility index (Phi) is 3.61. The molecule has 1 amide bonds. The first-order chi connectivity index (χ1) is 9.69. The molecule has 0 bridgehead atoms. The van der Waals surface area contributed by atoms with Crippen LogP contribution in [0.2, 0.25) is 0 Å². The molecule has 3 heterocycles. The average molecular weight is 352 g/mol. The van der Waals surface area contributed by atoms with Crippen LogP contribution in [0.15, 0.2) is 21.2 Å². The number of amides is 1. The van der Waals surface area contributed by atoms with E-state index < -0.39 is 0 Å². The molecule has 0 fully saturated rings. The summed E-state index contributed by atoms with van der Waals surface area (Å²) in [5.74, 6) is -0.135. The molecule has 0 radical (unpaired) electrons. The second-order valence-corrected chi connectivity index (χ2v) is 6.19. The Labute approximate surface area is 127 Å². The van der Waals surface area contributed by atoms with Gasteiger partial charge in [-0.25, -0.2) is 0 Å². The van der Waals surface area contributed by atoms with Gasteiger partial charge >= 0.3 is 0 Å². The standard InChI is InChI=1S/C13H10BrN3O2S/c14-11-2-1-9(19-11)12(18)17-13-8(5-15)7-3-4-16-6-10(7)20-13/h1-2,16H,3-4,6H2,(H,17,18). The van der Waals surface area contributed by atoms with Gasteiger partial charge in [0.15, 0.2) is 10.4 Å². The lowest BCUT2D eigenvalue weighted by atomic mass is 10.1. The van der Waals surface area contributed by atoms with Crippen molar-refractivity contribution in [2.75, 3.05) is 11.9 Å². The maximum atomic E-state index is 12.1. The van der Waals surface area contributed by atoms with Crippen molar-refractivity contribution in [2.45, 2.75) is 13.0 Å². The second-order valence-electron chi connectivity index (χ2n) is 4.30. The molecule has 0 atom stereocenters. The lowest BCUT2D eigenvalue weighted by molar-refractivity contribution is 0.0996. The van der Waals surface area contributed by atoms with Gasteiger partial charge in [-0.05, 0) is 46.6 Å². The Bertz CT molecular complexity index is 714. The van der Waals surface area contributed by atoms with Crippen molar-refractivity contribution >= 4 is 38.2 Å². The molecule has 0 spiro atoms. The van der Waals surface area contributed by atoms with Crippen LogP contribution in [-0.4, -0.2) is 12.5 Å². The molecule has 5 nitrogen and oxygen atoms in total. The summed E-state index contributed by atoms with van der Waals surface area (Å²) in [6.45, 7) is 1.60. The normalized spacial score (nSPS) is 13.6. The molecule has 7 heteroatoms. The Balaban J connectivity index is 1.89. The molecule has 0 saturated carbocycles. The first-order valence-corrected chi connectivity index (χ1v) is 7.62. The van der Waals surface area contributed by atoms with Crippen LogP contribution in [0.25, 0.3) is 0 Å². The predicted octanol–water partition coefficient (Wildman–Crippen LogP) is 2.87. The summed E-state index contributed by atoms with van der Waals surface area (Å²) >= 11 is 4.60. The van der Waals surface area contributed by atoms with Crippen LogP contribution in [0.3, 0.4) is 0 Å². The van der Waals surface area contributed by atoms with Gasteiger partial charge in [0.25, 0.3) is 5.91 Å². The molecule has 1 aliphatic rings. The number of carbonyl (C=O) groups is 1. The van der Waals surface area contributed by atoms with Crippen LogP contribution < -0.4 is 10.6 Å². The maximum Gasteiger partial charge on any atom is 0.292 e. The molecule has 102 valence electrons. The number of anilines is 1. The summed E-state index contributed by atoms with van der Waals surface area (Å²) in [5.41, 5.74) is 1.62. The van der Waals surface area contributed by atoms with Crippen LogP contribution in [0.4, 0.5) is 5.00 Å². The SMILES string of the molecule is N#Cc1c(NC(=O)c2ccc(Br)o2)sc2c1CCNC2. The predicted molar refractivity (Wildman–Crippen MR) is 78.8 cm³/mol. The van der Waals surface area contributed by atoms with Crippen molar-refractivity contribution < 1.29 is 9.21 Å². The first kappa shape index (κ1) is 13.4. The fourth-order valence-corrected chi connectivity index (χ4v) is 3.61. The van der Waals surface area contributed by atoms with Crippen molar-refractivity contribution in [2.24, 2.45) is 0 Å². The summed E-state index contributed by atoms with van der Waals surface area (Å²) in [4.78, 5) is 13.2. The van der Waals surface area contributed by atoms with Gasteiger partial charge in [-0.2, -0.15) is 5.26 Å². The lowest BCUT2D eigenvalue weighted by Crippen LogP contribution is -2.22. The summed E-state index contributed by atoms with van der Waals surface area (Å²) in [6.07, 6.45) is 0.816. The molecular weight excluding hydrogens is 342 g/mol. The third-order valence-electron chi connectivity index (χ3n) is 3.06. The minimum absolute atomic E-state index is 0.213. The highest BCUT2D eigenvalue weighted by molar-refractivity contribution is 9.10. The number of nitrogens with zero attached hydrogens (tertiary/aromatic N) is 1. The highest BCUT2D eigenvalue weighted by Gasteiger charge is 2.22. The molecule has 0 unspecified atom stereocenters. The van der Waals surface area contributed by atoms with Crippen molar-refractivity contribution in [3.8, 4) is 6.07 Å². The van der Waals surface area contributed by atoms with E-state index in [0.717, 1.165) is 30.0 Å². The molecular formula is C13H10BrN3O2S. The van der Waals surface area contributed by atoms with Crippen LogP contribution in [0.1, 0.15) is 26.6 Å². The number of nitriles is 1. The largest absolute Gasteiger partial charge is 0.444 e. The van der Waals surface area contributed by atoms with Gasteiger partial charge in [-0.3, -0.25) is 4.79 Å². The van der Waals surface area contributed by atoms with E-state index in [-0.39, 0.29) is 11.7 Å². The zero-order valence-electron chi connectivity index (χ0n) is 10.3. The van der Waals surface area contributed by atoms with Gasteiger partial charge in [0, 0.05) is 11.4 Å². The van der Waals surface area contributed by atoms with Gasteiger partial charge in [0.05, 0.1) is 5.56 Å². The zero-order chi connectivity index (χ0) is 14.1. The first-order valence-electron chi connectivity index (χ1n) is 6.01. The molecule has 2 N–H and O–H groups in total. The van der Waals surface area contributed by atoms with Crippen molar-refractivity contribution in [3.63, 3.8) is 0 Å². The Morgan fingerprint density at radius 1 is 1.55 bits per heavy atom. The summed E-state index contributed by atoms with van der Waals surface area (Å²) in [6, 6.07) is 5.43. The third-order valence-corrected chi connectivity index (χ3v) is 4.64. The van der Waals surface area contributed by atoms with E-state index in [1.807, 2.05) is 0 Å². The van der Waals surface area contributed by atoms with Crippen molar-refractivity contribution in [1.82, 2.24) is 5.32 Å². The number of nitrogens with one attached hydrogen (secondary N) is 2. The molecule has 0 saturated heterocycles. The van der Waals surface area contributed by atoms with E-state index in [1.54, 1.807) is 12.1 Å². The third kappa shape index (κ3) is 2.38. The maximum absolute atomic E-state index is 12.1. The van der Waals surface area contributed by atoms with E-state index in [2.05, 4.69) is 32.6 Å². The molecule has 20 heavy (non-hydrogen) atoms. The number of rotatable bonds is 2. The minimum Gasteiger partial charge on any atom is -0.444 e. The van der Waals surface area contributed by atoms with Gasteiger partial charge in [0.2, 0.25) is 0 Å². The summed E-state index contributed by atoms with van der Waals surface area (Å²) in [5, 5.41) is 15.9. The van der Waals surface area contributed by atoms with Crippen LogP contribution in [0, 0.1) is 11.3 Å². The van der Waals surface area contributed by atoms with Crippen molar-refractivity contribution in [1.29, 1.82) is 5.26 Å². The Morgan fingerprint density at radius 3 is 3.10 bits per heavy atom. The van der Waals surface area contributed by atoms with E-state index >= 15 is 0 Å². The number of hydrogen-bond acceptors (Lipinski definition) is 5. The highest BCUT2D eigenvalue weighted by Crippen LogP contribution is 2.35. The molecule has 0 aromatic carbocycles. The van der Waals surface area contributed by atoms with Crippen LogP contribution in [-0.2, 0) is 13.0 Å².